The second kappa shape index (κ2) is 8.58. The summed E-state index contributed by atoms with van der Waals surface area (Å²) in [5, 5.41) is 16.2. The van der Waals surface area contributed by atoms with Crippen LogP contribution in [0.25, 0.3) is 0 Å². The summed E-state index contributed by atoms with van der Waals surface area (Å²) in [5.74, 6) is 0.332. The number of hydrogen-bond acceptors (Lipinski definition) is 5. The number of nitro groups is 1. The molecule has 0 spiro atoms. The van der Waals surface area contributed by atoms with Crippen LogP contribution in [0.5, 0.6) is 5.75 Å². The maximum atomic E-state index is 11.4. The Bertz CT molecular complexity index is 995. The van der Waals surface area contributed by atoms with Gasteiger partial charge in [0.15, 0.2) is 0 Å². The van der Waals surface area contributed by atoms with Gasteiger partial charge in [-0.05, 0) is 21.5 Å². The van der Waals surface area contributed by atoms with E-state index in [0.717, 1.165) is 10.4 Å². The van der Waals surface area contributed by atoms with Crippen LogP contribution in [0.3, 0.4) is 0 Å². The van der Waals surface area contributed by atoms with Crippen LogP contribution in [0.2, 0.25) is 5.04 Å². The van der Waals surface area contributed by atoms with E-state index in [1.165, 1.54) is 12.1 Å². The lowest BCUT2D eigenvalue weighted by atomic mass is 10.2. The van der Waals surface area contributed by atoms with Crippen LogP contribution in [0, 0.1) is 15.0 Å². The largest absolute Gasteiger partial charge is 0.534 e. The van der Waals surface area contributed by atoms with Gasteiger partial charge in [-0.3, -0.25) is 10.1 Å². The van der Waals surface area contributed by atoms with Gasteiger partial charge in [-0.2, -0.15) is 4.91 Å². The van der Waals surface area contributed by atoms with Crippen molar-refractivity contribution in [2.24, 2.45) is 5.18 Å². The number of benzene rings is 3. The number of hydrogen-bond donors (Lipinski definition) is 0. The summed E-state index contributed by atoms with van der Waals surface area (Å²) in [6.07, 6.45) is 0. The van der Waals surface area contributed by atoms with Gasteiger partial charge in [0.2, 0.25) is 0 Å². The highest BCUT2D eigenvalue weighted by Gasteiger charge is 2.52. The summed E-state index contributed by atoms with van der Waals surface area (Å²) in [5.41, 5.74) is 0.446. The molecule has 0 saturated carbocycles. The summed E-state index contributed by atoms with van der Waals surface area (Å²) in [6, 6.07) is 24.3. The number of nitrogens with zero attached hydrogens (tertiary/aromatic N) is 2. The third kappa shape index (κ3) is 4.02. The molecule has 3 rings (SSSR count). The first-order valence-electron chi connectivity index (χ1n) is 9.66. The lowest BCUT2D eigenvalue weighted by Gasteiger charge is -2.43. The van der Waals surface area contributed by atoms with Crippen molar-refractivity contribution >= 4 is 24.4 Å². The monoisotopic (exact) mass is 420 g/mol. The molecule has 0 saturated heterocycles. The number of rotatable bonds is 7. The first kappa shape index (κ1) is 21.4. The molecule has 30 heavy (non-hydrogen) atoms. The van der Waals surface area contributed by atoms with Crippen LogP contribution < -0.4 is 14.8 Å². The zero-order valence-corrected chi connectivity index (χ0v) is 18.2. The van der Waals surface area contributed by atoms with Crippen LogP contribution in [-0.4, -0.2) is 13.2 Å². The Morgan fingerprint density at radius 1 is 0.933 bits per heavy atom. The van der Waals surface area contributed by atoms with Crippen LogP contribution in [0.4, 0.5) is 5.69 Å². The lowest BCUT2D eigenvalue weighted by Crippen LogP contribution is -2.68. The molecule has 0 aliphatic heterocycles. The van der Waals surface area contributed by atoms with Crippen molar-refractivity contribution in [2.75, 3.05) is 0 Å². The molecule has 3 aromatic rings. The molecule has 0 amide bonds. The standard InChI is InChI=1S/C23H24N2O4Si/c1-23(2,3)30(20-10-6-4-7-11-20,21-12-8-5-9-13-21)29-22-16-19(25(27)28)15-14-18(22)17-24-26/h4-16H,17H2,1-3H3. The van der Waals surface area contributed by atoms with E-state index in [-0.39, 0.29) is 17.3 Å². The molecule has 0 bridgehead atoms. The predicted molar refractivity (Wildman–Crippen MR) is 121 cm³/mol. The van der Waals surface area contributed by atoms with Gasteiger partial charge in [-0.1, -0.05) is 86.6 Å². The topological polar surface area (TPSA) is 81.8 Å². The van der Waals surface area contributed by atoms with E-state index in [1.807, 2.05) is 60.7 Å². The summed E-state index contributed by atoms with van der Waals surface area (Å²) in [7, 11) is -2.97. The molecule has 0 fully saturated rings. The van der Waals surface area contributed by atoms with Crippen molar-refractivity contribution in [1.29, 1.82) is 0 Å². The molecule has 0 atom stereocenters. The minimum absolute atomic E-state index is 0.0856. The Kier molecular flexibility index (Phi) is 6.12. The Morgan fingerprint density at radius 3 is 1.90 bits per heavy atom. The molecule has 0 aliphatic carbocycles. The van der Waals surface area contributed by atoms with Crippen molar-refractivity contribution < 1.29 is 9.35 Å². The Labute approximate surface area is 176 Å². The minimum atomic E-state index is -2.97. The summed E-state index contributed by atoms with van der Waals surface area (Å²) >= 11 is 0. The maximum Gasteiger partial charge on any atom is 0.319 e. The zero-order chi connectivity index (χ0) is 21.8. The van der Waals surface area contributed by atoms with Crippen molar-refractivity contribution in [2.45, 2.75) is 32.4 Å². The van der Waals surface area contributed by atoms with Gasteiger partial charge in [0, 0.05) is 11.6 Å². The van der Waals surface area contributed by atoms with Crippen LogP contribution >= 0.6 is 0 Å². The SMILES string of the molecule is CC(C)(C)[Si](Oc1cc([N+](=O)[O-])ccc1CN=O)(c1ccccc1)c1ccccc1. The molecule has 0 heterocycles. The van der Waals surface area contributed by atoms with Crippen molar-refractivity contribution in [3.63, 3.8) is 0 Å². The smallest absolute Gasteiger partial charge is 0.319 e. The van der Waals surface area contributed by atoms with Crippen molar-refractivity contribution in [3.05, 3.63) is 99.4 Å². The molecular formula is C23H24N2O4Si. The fourth-order valence-electron chi connectivity index (χ4n) is 3.77. The van der Waals surface area contributed by atoms with Crippen LogP contribution in [-0.2, 0) is 6.54 Å². The summed E-state index contributed by atoms with van der Waals surface area (Å²) < 4.78 is 6.85. The van der Waals surface area contributed by atoms with E-state index in [4.69, 9.17) is 4.43 Å². The number of nitro benzene ring substituents is 1. The Hall–Kier alpha value is -3.32. The van der Waals surface area contributed by atoms with E-state index < -0.39 is 13.2 Å². The normalized spacial score (nSPS) is 11.7. The average Bonchev–Trinajstić information content (AvgIpc) is 2.73. The highest BCUT2D eigenvalue weighted by Crippen LogP contribution is 2.39. The molecule has 0 radical (unpaired) electrons. The zero-order valence-electron chi connectivity index (χ0n) is 17.2. The molecular weight excluding hydrogens is 396 g/mol. The fraction of sp³-hybridized carbons (Fsp3) is 0.217. The highest BCUT2D eigenvalue weighted by atomic mass is 28.4. The second-order valence-corrected chi connectivity index (χ2v) is 12.3. The van der Waals surface area contributed by atoms with E-state index in [2.05, 4.69) is 25.9 Å². The van der Waals surface area contributed by atoms with Crippen LogP contribution in [0.1, 0.15) is 26.3 Å². The molecule has 3 aromatic carbocycles. The summed E-state index contributed by atoms with van der Waals surface area (Å²) in [6.45, 7) is 6.24. The third-order valence-electron chi connectivity index (χ3n) is 5.18. The first-order chi connectivity index (χ1) is 14.3. The van der Waals surface area contributed by atoms with E-state index in [1.54, 1.807) is 6.07 Å². The number of nitroso groups, excluding NO2 is 1. The number of non-ortho nitro benzene ring substituents is 1. The van der Waals surface area contributed by atoms with Gasteiger partial charge in [0.25, 0.3) is 5.69 Å². The Morgan fingerprint density at radius 2 is 1.47 bits per heavy atom. The Balaban J connectivity index is 2.31. The molecule has 0 aliphatic rings. The van der Waals surface area contributed by atoms with Gasteiger partial charge in [-0.25, -0.2) is 0 Å². The van der Waals surface area contributed by atoms with Crippen molar-refractivity contribution in [3.8, 4) is 5.75 Å². The molecule has 0 aromatic heterocycles. The van der Waals surface area contributed by atoms with Crippen LogP contribution in [0.15, 0.2) is 84.0 Å². The van der Waals surface area contributed by atoms with Gasteiger partial charge in [-0.15, -0.1) is 0 Å². The van der Waals surface area contributed by atoms with Gasteiger partial charge in [0.1, 0.15) is 12.3 Å². The quantitative estimate of drug-likeness (QED) is 0.238. The maximum absolute atomic E-state index is 11.4. The third-order valence-corrected chi connectivity index (χ3v) is 10.1. The summed E-state index contributed by atoms with van der Waals surface area (Å²) in [4.78, 5) is 22.0. The lowest BCUT2D eigenvalue weighted by molar-refractivity contribution is -0.384. The van der Waals surface area contributed by atoms with Gasteiger partial charge >= 0.3 is 8.32 Å². The second-order valence-electron chi connectivity index (χ2n) is 8.10. The molecule has 154 valence electrons. The van der Waals surface area contributed by atoms with E-state index in [0.29, 0.717) is 11.3 Å². The minimum Gasteiger partial charge on any atom is -0.534 e. The molecule has 7 heteroatoms. The van der Waals surface area contributed by atoms with E-state index in [9.17, 15) is 15.0 Å². The highest BCUT2D eigenvalue weighted by molar-refractivity contribution is 7.00. The molecule has 0 unspecified atom stereocenters. The van der Waals surface area contributed by atoms with Crippen molar-refractivity contribution in [1.82, 2.24) is 0 Å². The molecule has 0 N–H and O–H groups in total. The van der Waals surface area contributed by atoms with Gasteiger partial charge in [0.05, 0.1) is 11.0 Å². The average molecular weight is 421 g/mol. The molecule has 6 nitrogen and oxygen atoms in total. The predicted octanol–water partition coefficient (Wildman–Crippen LogP) is 4.80. The van der Waals surface area contributed by atoms with Gasteiger partial charge < -0.3 is 4.43 Å². The van der Waals surface area contributed by atoms with E-state index >= 15 is 0 Å². The fourth-order valence-corrected chi connectivity index (χ4v) is 8.22. The first-order valence-corrected chi connectivity index (χ1v) is 11.6.